The second-order valence-electron chi connectivity index (χ2n) is 11.3. The molecule has 6 heteroatoms. The zero-order valence-corrected chi connectivity index (χ0v) is 22.4. The summed E-state index contributed by atoms with van der Waals surface area (Å²) in [5.74, 6) is 0.335. The Labute approximate surface area is 226 Å². The Kier molecular flexibility index (Phi) is 8.29. The normalized spacial score (nSPS) is 25.0. The molecule has 0 spiro atoms. The number of benzene rings is 2. The van der Waals surface area contributed by atoms with Gasteiger partial charge >= 0.3 is 0 Å². The van der Waals surface area contributed by atoms with Crippen LogP contribution >= 0.6 is 0 Å². The fourth-order valence-corrected chi connectivity index (χ4v) is 6.77. The number of amides is 2. The summed E-state index contributed by atoms with van der Waals surface area (Å²) in [6, 6.07) is 19.5. The number of nitrogens with zero attached hydrogens (tertiary/aromatic N) is 3. The van der Waals surface area contributed by atoms with Crippen LogP contribution in [-0.2, 0) is 10.4 Å². The van der Waals surface area contributed by atoms with Gasteiger partial charge in [-0.05, 0) is 43.4 Å². The minimum atomic E-state index is -1.05. The van der Waals surface area contributed by atoms with Crippen molar-refractivity contribution in [3.05, 3.63) is 84.4 Å². The van der Waals surface area contributed by atoms with E-state index in [2.05, 4.69) is 11.5 Å². The monoisotopic (exact) mass is 515 g/mol. The zero-order valence-electron chi connectivity index (χ0n) is 22.4. The van der Waals surface area contributed by atoms with Crippen molar-refractivity contribution in [1.29, 1.82) is 0 Å². The van der Waals surface area contributed by atoms with Crippen molar-refractivity contribution in [2.45, 2.75) is 50.2 Å². The summed E-state index contributed by atoms with van der Waals surface area (Å²) in [7, 11) is 0. The summed E-state index contributed by atoms with van der Waals surface area (Å²) < 4.78 is 0. The van der Waals surface area contributed by atoms with Crippen LogP contribution in [0.4, 0.5) is 0 Å². The van der Waals surface area contributed by atoms with Gasteiger partial charge < -0.3 is 19.8 Å². The lowest BCUT2D eigenvalue weighted by molar-refractivity contribution is -0.135. The number of hydrogen-bond acceptors (Lipinski definition) is 4. The second kappa shape index (κ2) is 11.8. The van der Waals surface area contributed by atoms with Crippen LogP contribution in [0.5, 0.6) is 0 Å². The highest BCUT2D eigenvalue weighted by atomic mass is 16.3. The molecule has 2 amide bonds. The summed E-state index contributed by atoms with van der Waals surface area (Å²) in [6.45, 7) is 7.84. The Balaban J connectivity index is 1.26. The molecule has 5 rings (SSSR count). The van der Waals surface area contributed by atoms with Crippen LogP contribution in [0, 0.1) is 11.8 Å². The number of piperidine rings is 1. The van der Waals surface area contributed by atoms with Crippen LogP contribution in [0.2, 0.25) is 0 Å². The molecular formula is C32H41N3O3. The molecular weight excluding hydrogens is 474 g/mol. The number of carbonyl (C=O) groups excluding carboxylic acids is 2. The third-order valence-corrected chi connectivity index (χ3v) is 8.92. The minimum Gasteiger partial charge on any atom is -0.383 e. The van der Waals surface area contributed by atoms with E-state index in [4.69, 9.17) is 0 Å². The molecule has 3 aliphatic rings. The molecule has 3 fully saturated rings. The van der Waals surface area contributed by atoms with Crippen molar-refractivity contribution in [2.75, 3.05) is 39.3 Å². The van der Waals surface area contributed by atoms with Gasteiger partial charge in [-0.3, -0.25) is 9.59 Å². The van der Waals surface area contributed by atoms with Gasteiger partial charge in [-0.2, -0.15) is 0 Å². The van der Waals surface area contributed by atoms with E-state index >= 15 is 0 Å². The molecule has 202 valence electrons. The second-order valence-corrected chi connectivity index (χ2v) is 11.3. The van der Waals surface area contributed by atoms with Gasteiger partial charge in [0.2, 0.25) is 5.91 Å². The average Bonchev–Trinajstić information content (AvgIpc) is 3.62. The molecule has 6 nitrogen and oxygen atoms in total. The van der Waals surface area contributed by atoms with E-state index in [1.165, 1.54) is 0 Å². The van der Waals surface area contributed by atoms with Gasteiger partial charge in [0.1, 0.15) is 5.60 Å². The Morgan fingerprint density at radius 2 is 1.61 bits per heavy atom. The van der Waals surface area contributed by atoms with Gasteiger partial charge in [0.25, 0.3) is 5.91 Å². The van der Waals surface area contributed by atoms with Crippen LogP contribution in [0.1, 0.15) is 54.4 Å². The molecule has 2 saturated heterocycles. The third kappa shape index (κ3) is 5.57. The number of rotatable bonds is 8. The summed E-state index contributed by atoms with van der Waals surface area (Å²) in [4.78, 5) is 32.9. The van der Waals surface area contributed by atoms with E-state index in [-0.39, 0.29) is 29.7 Å². The SMILES string of the molecule is C=CCN(C(=O)c1ccccc1)C1CCN(C[C@H]2CN(C(=O)C3CCCC3)C[C@]2(O)c2ccccc2)CC1. The molecule has 1 saturated carbocycles. The van der Waals surface area contributed by atoms with E-state index in [0.29, 0.717) is 25.2 Å². The molecule has 38 heavy (non-hydrogen) atoms. The smallest absolute Gasteiger partial charge is 0.254 e. The van der Waals surface area contributed by atoms with Crippen LogP contribution in [0.3, 0.4) is 0 Å². The molecule has 2 atom stereocenters. The van der Waals surface area contributed by atoms with Gasteiger partial charge in [0, 0.05) is 56.2 Å². The van der Waals surface area contributed by atoms with Crippen LogP contribution < -0.4 is 0 Å². The maximum Gasteiger partial charge on any atom is 0.254 e. The largest absolute Gasteiger partial charge is 0.383 e. The maximum absolute atomic E-state index is 13.3. The molecule has 1 aliphatic carbocycles. The van der Waals surface area contributed by atoms with Crippen molar-refractivity contribution < 1.29 is 14.7 Å². The molecule has 0 aromatic heterocycles. The van der Waals surface area contributed by atoms with E-state index in [9.17, 15) is 14.7 Å². The van der Waals surface area contributed by atoms with Crippen molar-refractivity contribution in [2.24, 2.45) is 11.8 Å². The Morgan fingerprint density at radius 1 is 0.974 bits per heavy atom. The Bertz CT molecular complexity index is 1090. The van der Waals surface area contributed by atoms with Gasteiger partial charge in [-0.25, -0.2) is 0 Å². The molecule has 2 heterocycles. The highest BCUT2D eigenvalue weighted by Gasteiger charge is 2.49. The first-order chi connectivity index (χ1) is 18.5. The summed E-state index contributed by atoms with van der Waals surface area (Å²) in [5, 5.41) is 12.0. The summed E-state index contributed by atoms with van der Waals surface area (Å²) in [6.07, 6.45) is 7.77. The first-order valence-electron chi connectivity index (χ1n) is 14.3. The number of aliphatic hydroxyl groups is 1. The molecule has 2 aromatic rings. The lowest BCUT2D eigenvalue weighted by Crippen LogP contribution is -2.50. The van der Waals surface area contributed by atoms with Crippen molar-refractivity contribution in [3.8, 4) is 0 Å². The first-order valence-corrected chi connectivity index (χ1v) is 14.3. The lowest BCUT2D eigenvalue weighted by atomic mass is 9.83. The predicted molar refractivity (Wildman–Crippen MR) is 150 cm³/mol. The van der Waals surface area contributed by atoms with Gasteiger partial charge in [-0.15, -0.1) is 6.58 Å². The Hall–Kier alpha value is -2.96. The van der Waals surface area contributed by atoms with Crippen molar-refractivity contribution in [1.82, 2.24) is 14.7 Å². The number of likely N-dealkylation sites (tertiary alicyclic amines) is 2. The Morgan fingerprint density at radius 3 is 2.24 bits per heavy atom. The fourth-order valence-electron chi connectivity index (χ4n) is 6.77. The minimum absolute atomic E-state index is 0.0537. The highest BCUT2D eigenvalue weighted by Crippen LogP contribution is 2.40. The topological polar surface area (TPSA) is 64.1 Å². The summed E-state index contributed by atoms with van der Waals surface area (Å²) >= 11 is 0. The van der Waals surface area contributed by atoms with Crippen molar-refractivity contribution in [3.63, 3.8) is 0 Å². The third-order valence-electron chi connectivity index (χ3n) is 8.92. The van der Waals surface area contributed by atoms with Crippen LogP contribution in [-0.4, -0.2) is 76.9 Å². The maximum atomic E-state index is 13.3. The average molecular weight is 516 g/mol. The molecule has 2 aromatic carbocycles. The van der Waals surface area contributed by atoms with E-state index in [1.54, 1.807) is 0 Å². The van der Waals surface area contributed by atoms with E-state index in [1.807, 2.05) is 76.5 Å². The zero-order chi connectivity index (χ0) is 26.5. The van der Waals surface area contributed by atoms with Crippen LogP contribution in [0.15, 0.2) is 73.3 Å². The van der Waals surface area contributed by atoms with Gasteiger partial charge in [0.05, 0.1) is 6.54 Å². The number of β-amino-alcohol motifs (C(OH)–C–C–N with tert-alkyl or cyclic N) is 1. The van der Waals surface area contributed by atoms with E-state index in [0.717, 1.165) is 63.7 Å². The predicted octanol–water partition coefficient (Wildman–Crippen LogP) is 4.32. The highest BCUT2D eigenvalue weighted by molar-refractivity contribution is 5.94. The quantitative estimate of drug-likeness (QED) is 0.532. The number of hydrogen-bond donors (Lipinski definition) is 1. The molecule has 2 aliphatic heterocycles. The first kappa shape index (κ1) is 26.6. The summed E-state index contributed by atoms with van der Waals surface area (Å²) in [5.41, 5.74) is 0.555. The molecule has 0 radical (unpaired) electrons. The van der Waals surface area contributed by atoms with Crippen molar-refractivity contribution >= 4 is 11.8 Å². The van der Waals surface area contributed by atoms with Gasteiger partial charge in [-0.1, -0.05) is 67.4 Å². The standard InChI is InChI=1S/C32H41N3O3/c1-2-19-35(31(37)26-11-5-3-6-12-26)29-17-20-33(21-18-29)22-28-23-34(30(36)25-13-9-10-14-25)24-32(28,38)27-15-7-4-8-16-27/h2-8,11-12,15-16,25,28-29,38H,1,9-10,13-14,17-24H2/t28-,32-/m0/s1. The van der Waals surface area contributed by atoms with E-state index < -0.39 is 5.60 Å². The molecule has 0 unspecified atom stereocenters. The lowest BCUT2D eigenvalue weighted by Gasteiger charge is -2.40. The molecule has 0 bridgehead atoms. The van der Waals surface area contributed by atoms with Crippen LogP contribution in [0.25, 0.3) is 0 Å². The van der Waals surface area contributed by atoms with Gasteiger partial charge in [0.15, 0.2) is 0 Å². The fraction of sp³-hybridized carbons (Fsp3) is 0.500. The number of carbonyl (C=O) groups is 2. The molecule has 1 N–H and O–H groups in total.